The van der Waals surface area contributed by atoms with E-state index in [-0.39, 0.29) is 18.1 Å². The van der Waals surface area contributed by atoms with Crippen LogP contribution in [0.15, 0.2) is 0 Å². The predicted molar refractivity (Wildman–Crippen MR) is 66.8 cm³/mol. The van der Waals surface area contributed by atoms with Crippen molar-refractivity contribution in [2.75, 3.05) is 0 Å². The molecule has 0 bridgehead atoms. The van der Waals surface area contributed by atoms with Crippen LogP contribution in [0.1, 0.15) is 53.9 Å². The third-order valence-electron chi connectivity index (χ3n) is 3.15. The average molecular weight is 243 g/mol. The Labute approximate surface area is 104 Å². The first kappa shape index (κ1) is 14.3. The SMILES string of the molecule is CC(C)(C)OC(=O)N[C@H]1CCC(C(C)(C)O)C1. The summed E-state index contributed by atoms with van der Waals surface area (Å²) in [6, 6.07) is 0.126. The number of hydrogen-bond acceptors (Lipinski definition) is 3. The van der Waals surface area contributed by atoms with Crippen molar-refractivity contribution in [2.45, 2.75) is 71.1 Å². The maximum absolute atomic E-state index is 11.6. The van der Waals surface area contributed by atoms with Crippen LogP contribution in [-0.2, 0) is 4.74 Å². The molecule has 0 heterocycles. The molecule has 1 rings (SSSR count). The van der Waals surface area contributed by atoms with Crippen molar-refractivity contribution >= 4 is 6.09 Å². The van der Waals surface area contributed by atoms with Gasteiger partial charge in [0.25, 0.3) is 0 Å². The van der Waals surface area contributed by atoms with Crippen molar-refractivity contribution in [1.29, 1.82) is 0 Å². The molecule has 0 spiro atoms. The first-order chi connectivity index (χ1) is 7.58. The summed E-state index contributed by atoms with van der Waals surface area (Å²) in [6.07, 6.45) is 2.32. The molecule has 1 aliphatic carbocycles. The molecule has 0 aromatic rings. The minimum Gasteiger partial charge on any atom is -0.444 e. The Morgan fingerprint density at radius 1 is 1.24 bits per heavy atom. The summed E-state index contributed by atoms with van der Waals surface area (Å²) in [6.45, 7) is 9.20. The van der Waals surface area contributed by atoms with Crippen LogP contribution >= 0.6 is 0 Å². The van der Waals surface area contributed by atoms with E-state index in [9.17, 15) is 9.90 Å². The van der Waals surface area contributed by atoms with E-state index in [1.165, 1.54) is 0 Å². The second-order valence-corrected chi connectivity index (χ2v) is 6.51. The van der Waals surface area contributed by atoms with Gasteiger partial charge < -0.3 is 15.2 Å². The molecule has 0 aromatic carbocycles. The fourth-order valence-electron chi connectivity index (χ4n) is 2.23. The van der Waals surface area contributed by atoms with E-state index in [2.05, 4.69) is 5.32 Å². The number of alkyl carbamates (subject to hydrolysis) is 1. The summed E-state index contributed by atoms with van der Waals surface area (Å²) in [4.78, 5) is 11.6. The van der Waals surface area contributed by atoms with Gasteiger partial charge in [-0.05, 0) is 59.8 Å². The van der Waals surface area contributed by atoms with E-state index in [1.807, 2.05) is 34.6 Å². The lowest BCUT2D eigenvalue weighted by molar-refractivity contribution is 0.0180. The van der Waals surface area contributed by atoms with Crippen LogP contribution in [0.4, 0.5) is 4.79 Å². The molecule has 0 saturated heterocycles. The van der Waals surface area contributed by atoms with E-state index in [1.54, 1.807) is 0 Å². The van der Waals surface area contributed by atoms with Crippen LogP contribution < -0.4 is 5.32 Å². The lowest BCUT2D eigenvalue weighted by Gasteiger charge is -2.26. The van der Waals surface area contributed by atoms with Gasteiger partial charge in [0, 0.05) is 6.04 Å². The van der Waals surface area contributed by atoms with Crippen molar-refractivity contribution in [1.82, 2.24) is 5.32 Å². The van der Waals surface area contributed by atoms with Gasteiger partial charge in [0.1, 0.15) is 5.60 Å². The van der Waals surface area contributed by atoms with Crippen LogP contribution in [-0.4, -0.2) is 28.4 Å². The zero-order valence-corrected chi connectivity index (χ0v) is 11.5. The van der Waals surface area contributed by atoms with Gasteiger partial charge in [-0.3, -0.25) is 0 Å². The second kappa shape index (κ2) is 4.84. The minimum absolute atomic E-state index is 0.126. The summed E-state index contributed by atoms with van der Waals surface area (Å²) < 4.78 is 5.21. The molecule has 0 aromatic heterocycles. The lowest BCUT2D eigenvalue weighted by atomic mass is 9.90. The monoisotopic (exact) mass is 243 g/mol. The van der Waals surface area contributed by atoms with Crippen molar-refractivity contribution in [3.05, 3.63) is 0 Å². The minimum atomic E-state index is -0.662. The molecule has 100 valence electrons. The predicted octanol–water partition coefficient (Wildman–Crippen LogP) is 2.45. The third kappa shape index (κ3) is 4.94. The second-order valence-electron chi connectivity index (χ2n) is 6.51. The number of ether oxygens (including phenoxy) is 1. The fourth-order valence-corrected chi connectivity index (χ4v) is 2.23. The molecule has 1 saturated carbocycles. The molecule has 4 heteroatoms. The normalized spacial score (nSPS) is 25.8. The lowest BCUT2D eigenvalue weighted by Crippen LogP contribution is -2.38. The summed E-state index contributed by atoms with van der Waals surface area (Å²) in [5, 5.41) is 12.8. The third-order valence-corrected chi connectivity index (χ3v) is 3.15. The number of aliphatic hydroxyl groups is 1. The van der Waals surface area contributed by atoms with Crippen LogP contribution in [0.5, 0.6) is 0 Å². The Balaban J connectivity index is 2.38. The molecule has 1 aliphatic rings. The first-order valence-corrected chi connectivity index (χ1v) is 6.30. The average Bonchev–Trinajstić information content (AvgIpc) is 2.47. The quantitative estimate of drug-likeness (QED) is 0.783. The molecule has 1 fully saturated rings. The maximum Gasteiger partial charge on any atom is 0.407 e. The van der Waals surface area contributed by atoms with Gasteiger partial charge in [-0.1, -0.05) is 0 Å². The van der Waals surface area contributed by atoms with Crippen LogP contribution in [0, 0.1) is 5.92 Å². The Morgan fingerprint density at radius 2 is 1.82 bits per heavy atom. The van der Waals surface area contributed by atoms with E-state index in [0.717, 1.165) is 19.3 Å². The number of nitrogens with one attached hydrogen (secondary N) is 1. The fraction of sp³-hybridized carbons (Fsp3) is 0.923. The smallest absolute Gasteiger partial charge is 0.407 e. The van der Waals surface area contributed by atoms with E-state index in [4.69, 9.17) is 4.74 Å². The van der Waals surface area contributed by atoms with Gasteiger partial charge in [0.05, 0.1) is 5.60 Å². The van der Waals surface area contributed by atoms with E-state index in [0.29, 0.717) is 0 Å². The molecular weight excluding hydrogens is 218 g/mol. The Hall–Kier alpha value is -0.770. The van der Waals surface area contributed by atoms with Crippen LogP contribution in [0.3, 0.4) is 0 Å². The highest BCUT2D eigenvalue weighted by atomic mass is 16.6. The Bertz CT molecular complexity index is 275. The van der Waals surface area contributed by atoms with Crippen molar-refractivity contribution in [3.63, 3.8) is 0 Å². The molecule has 1 amide bonds. The summed E-state index contributed by atoms with van der Waals surface area (Å²) in [7, 11) is 0. The topological polar surface area (TPSA) is 58.6 Å². The Kier molecular flexibility index (Phi) is 4.07. The van der Waals surface area contributed by atoms with Gasteiger partial charge in [0.15, 0.2) is 0 Å². The van der Waals surface area contributed by atoms with Crippen molar-refractivity contribution in [2.24, 2.45) is 5.92 Å². The molecule has 0 radical (unpaired) electrons. The number of hydrogen-bond donors (Lipinski definition) is 2. The summed E-state index contributed by atoms with van der Waals surface area (Å²) in [5.41, 5.74) is -1.12. The first-order valence-electron chi connectivity index (χ1n) is 6.30. The van der Waals surface area contributed by atoms with E-state index >= 15 is 0 Å². The van der Waals surface area contributed by atoms with Crippen molar-refractivity contribution < 1.29 is 14.6 Å². The van der Waals surface area contributed by atoms with Gasteiger partial charge >= 0.3 is 6.09 Å². The molecule has 0 aliphatic heterocycles. The zero-order chi connectivity index (χ0) is 13.3. The molecule has 4 nitrogen and oxygen atoms in total. The van der Waals surface area contributed by atoms with Gasteiger partial charge in [-0.15, -0.1) is 0 Å². The van der Waals surface area contributed by atoms with Gasteiger partial charge in [-0.2, -0.15) is 0 Å². The van der Waals surface area contributed by atoms with E-state index < -0.39 is 11.2 Å². The zero-order valence-electron chi connectivity index (χ0n) is 11.5. The molecular formula is C13H25NO3. The van der Waals surface area contributed by atoms with Crippen LogP contribution in [0.25, 0.3) is 0 Å². The van der Waals surface area contributed by atoms with Crippen molar-refractivity contribution in [3.8, 4) is 0 Å². The van der Waals surface area contributed by atoms with Crippen LogP contribution in [0.2, 0.25) is 0 Å². The molecule has 2 N–H and O–H groups in total. The number of amides is 1. The maximum atomic E-state index is 11.6. The highest BCUT2D eigenvalue weighted by Crippen LogP contribution is 2.34. The largest absolute Gasteiger partial charge is 0.444 e. The molecule has 1 unspecified atom stereocenters. The number of rotatable bonds is 2. The van der Waals surface area contributed by atoms with Gasteiger partial charge in [-0.25, -0.2) is 4.79 Å². The summed E-state index contributed by atoms with van der Waals surface area (Å²) in [5.74, 6) is 0.252. The molecule has 2 atom stereocenters. The number of carbonyl (C=O) groups is 1. The summed E-state index contributed by atoms with van der Waals surface area (Å²) >= 11 is 0. The highest BCUT2D eigenvalue weighted by Gasteiger charge is 2.35. The molecule has 17 heavy (non-hydrogen) atoms. The number of carbonyl (C=O) groups excluding carboxylic acids is 1. The highest BCUT2D eigenvalue weighted by molar-refractivity contribution is 5.68. The van der Waals surface area contributed by atoms with Gasteiger partial charge in [0.2, 0.25) is 0 Å². The standard InChI is InChI=1S/C13H25NO3/c1-12(2,3)17-11(15)14-10-7-6-9(8-10)13(4,5)16/h9-10,16H,6-8H2,1-5H3,(H,14,15)/t9?,10-/m0/s1. The Morgan fingerprint density at radius 3 is 2.24 bits per heavy atom.